The molecule has 5 rings (SSSR count). The van der Waals surface area contributed by atoms with Crippen LogP contribution in [0.3, 0.4) is 0 Å². The summed E-state index contributed by atoms with van der Waals surface area (Å²) in [4.78, 5) is 0. The first kappa shape index (κ1) is 15.3. The number of hydrogen-bond donors (Lipinski definition) is 1. The predicted molar refractivity (Wildman–Crippen MR) is 107 cm³/mol. The summed E-state index contributed by atoms with van der Waals surface area (Å²) in [5.74, 6) is 0.885. The SMILES string of the molecule is Clc1ccc([C@@H]2Nc3ccc4ccccc4c3[C@H]3C=CC[C@H]32)c(Cl)c1. The van der Waals surface area contributed by atoms with Gasteiger partial charge in [0.15, 0.2) is 0 Å². The van der Waals surface area contributed by atoms with Gasteiger partial charge in [-0.3, -0.25) is 0 Å². The Labute approximate surface area is 157 Å². The predicted octanol–water partition coefficient (Wildman–Crippen LogP) is 6.97. The molecular formula is C22H17Cl2N. The molecule has 0 aromatic heterocycles. The molecule has 0 saturated carbocycles. The van der Waals surface area contributed by atoms with Crippen molar-refractivity contribution >= 4 is 39.7 Å². The summed E-state index contributed by atoms with van der Waals surface area (Å²) in [6, 6.07) is 19.1. The van der Waals surface area contributed by atoms with E-state index in [1.54, 1.807) is 0 Å². The van der Waals surface area contributed by atoms with E-state index < -0.39 is 0 Å². The monoisotopic (exact) mass is 365 g/mol. The standard InChI is InChI=1S/C22H17Cl2N/c23-14-9-10-18(19(24)12-14)22-17-7-3-6-16(17)21-15-5-2-1-4-13(15)8-11-20(21)25-22/h1-6,8-12,16-17,22,25H,7H2/t16-,17+,22+/m0/s1. The number of rotatable bonds is 1. The van der Waals surface area contributed by atoms with Crippen LogP contribution in [0.5, 0.6) is 0 Å². The highest BCUT2D eigenvalue weighted by Crippen LogP contribution is 2.52. The van der Waals surface area contributed by atoms with Crippen molar-refractivity contribution < 1.29 is 0 Å². The Morgan fingerprint density at radius 1 is 0.960 bits per heavy atom. The minimum atomic E-state index is 0.193. The van der Waals surface area contributed by atoms with Gasteiger partial charge in [0.1, 0.15) is 0 Å². The number of fused-ring (bicyclic) bond motifs is 5. The molecule has 1 aliphatic carbocycles. The summed E-state index contributed by atoms with van der Waals surface area (Å²) in [5.41, 5.74) is 3.75. The van der Waals surface area contributed by atoms with Gasteiger partial charge in [0.25, 0.3) is 0 Å². The minimum Gasteiger partial charge on any atom is -0.378 e. The Hall–Kier alpha value is -1.96. The van der Waals surface area contributed by atoms with Crippen LogP contribution in [0.2, 0.25) is 10.0 Å². The third-order valence-electron chi connectivity index (χ3n) is 5.55. The van der Waals surface area contributed by atoms with Crippen LogP contribution >= 0.6 is 23.2 Å². The first-order chi connectivity index (χ1) is 12.2. The van der Waals surface area contributed by atoms with E-state index in [4.69, 9.17) is 23.2 Å². The number of hydrogen-bond acceptors (Lipinski definition) is 1. The van der Waals surface area contributed by atoms with Crippen LogP contribution in [0.25, 0.3) is 10.8 Å². The molecule has 3 atom stereocenters. The smallest absolute Gasteiger partial charge is 0.0568 e. The summed E-state index contributed by atoms with van der Waals surface area (Å²) >= 11 is 12.6. The Morgan fingerprint density at radius 3 is 2.72 bits per heavy atom. The fraction of sp³-hybridized carbons (Fsp3) is 0.182. The molecule has 1 nitrogen and oxygen atoms in total. The van der Waals surface area contributed by atoms with E-state index in [0.717, 1.165) is 17.0 Å². The zero-order chi connectivity index (χ0) is 17.0. The fourth-order valence-corrected chi connectivity index (χ4v) is 4.97. The van der Waals surface area contributed by atoms with Gasteiger partial charge in [-0.2, -0.15) is 0 Å². The van der Waals surface area contributed by atoms with Crippen molar-refractivity contribution in [3.05, 3.63) is 87.9 Å². The van der Waals surface area contributed by atoms with Crippen molar-refractivity contribution in [2.24, 2.45) is 5.92 Å². The average Bonchev–Trinajstić information content (AvgIpc) is 3.10. The highest BCUT2D eigenvalue weighted by atomic mass is 35.5. The molecule has 1 aliphatic heterocycles. The number of benzene rings is 3. The van der Waals surface area contributed by atoms with Gasteiger partial charge < -0.3 is 5.32 Å². The van der Waals surface area contributed by atoms with Crippen LogP contribution < -0.4 is 5.32 Å². The Kier molecular flexibility index (Phi) is 3.55. The molecule has 3 heteroatoms. The van der Waals surface area contributed by atoms with Gasteiger partial charge in [-0.1, -0.05) is 71.8 Å². The zero-order valence-electron chi connectivity index (χ0n) is 13.5. The number of allylic oxidation sites excluding steroid dienone is 2. The van der Waals surface area contributed by atoms with Gasteiger partial charge in [-0.15, -0.1) is 0 Å². The molecule has 0 bridgehead atoms. The van der Waals surface area contributed by atoms with E-state index in [0.29, 0.717) is 16.9 Å². The second-order valence-electron chi connectivity index (χ2n) is 6.89. The van der Waals surface area contributed by atoms with Crippen molar-refractivity contribution in [3.8, 4) is 0 Å². The fourth-order valence-electron chi connectivity index (χ4n) is 4.44. The molecule has 0 radical (unpaired) electrons. The van der Waals surface area contributed by atoms with Gasteiger partial charge in [-0.05, 0) is 52.4 Å². The van der Waals surface area contributed by atoms with Crippen LogP contribution in [0.4, 0.5) is 5.69 Å². The minimum absolute atomic E-state index is 0.193. The Balaban J connectivity index is 1.69. The van der Waals surface area contributed by atoms with Crippen molar-refractivity contribution in [2.45, 2.75) is 18.4 Å². The number of anilines is 1. The molecule has 1 N–H and O–H groups in total. The molecule has 0 spiro atoms. The van der Waals surface area contributed by atoms with Gasteiger partial charge >= 0.3 is 0 Å². The molecule has 0 unspecified atom stereocenters. The third-order valence-corrected chi connectivity index (χ3v) is 6.12. The molecule has 25 heavy (non-hydrogen) atoms. The number of nitrogens with one attached hydrogen (secondary N) is 1. The molecule has 0 saturated heterocycles. The Morgan fingerprint density at radius 2 is 1.84 bits per heavy atom. The first-order valence-electron chi connectivity index (χ1n) is 8.62. The lowest BCUT2D eigenvalue weighted by Crippen LogP contribution is -2.29. The van der Waals surface area contributed by atoms with E-state index in [1.807, 2.05) is 12.1 Å². The van der Waals surface area contributed by atoms with Crippen molar-refractivity contribution in [2.75, 3.05) is 5.32 Å². The highest BCUT2D eigenvalue weighted by molar-refractivity contribution is 6.35. The highest BCUT2D eigenvalue weighted by Gasteiger charge is 2.39. The second-order valence-corrected chi connectivity index (χ2v) is 7.73. The van der Waals surface area contributed by atoms with Gasteiger partial charge in [0.2, 0.25) is 0 Å². The summed E-state index contributed by atoms with van der Waals surface area (Å²) in [5, 5.41) is 7.82. The molecule has 0 fully saturated rings. The van der Waals surface area contributed by atoms with E-state index >= 15 is 0 Å². The van der Waals surface area contributed by atoms with Crippen molar-refractivity contribution in [1.82, 2.24) is 0 Å². The molecule has 1 heterocycles. The molecule has 124 valence electrons. The zero-order valence-corrected chi connectivity index (χ0v) is 15.1. The van der Waals surface area contributed by atoms with E-state index in [9.17, 15) is 0 Å². The number of halogens is 2. The average molecular weight is 366 g/mol. The largest absolute Gasteiger partial charge is 0.378 e. The Bertz CT molecular complexity index is 1010. The summed E-state index contributed by atoms with van der Waals surface area (Å²) in [6.45, 7) is 0. The van der Waals surface area contributed by atoms with Gasteiger partial charge in [-0.25, -0.2) is 0 Å². The van der Waals surface area contributed by atoms with E-state index in [-0.39, 0.29) is 6.04 Å². The normalized spacial score (nSPS) is 24.0. The maximum atomic E-state index is 6.53. The van der Waals surface area contributed by atoms with Crippen LogP contribution in [-0.2, 0) is 0 Å². The second kappa shape index (κ2) is 5.79. The third kappa shape index (κ3) is 2.38. The lowest BCUT2D eigenvalue weighted by atomic mass is 9.75. The van der Waals surface area contributed by atoms with Crippen LogP contribution in [0, 0.1) is 5.92 Å². The quantitative estimate of drug-likeness (QED) is 0.459. The topological polar surface area (TPSA) is 12.0 Å². The van der Waals surface area contributed by atoms with Crippen molar-refractivity contribution in [1.29, 1.82) is 0 Å². The summed E-state index contributed by atoms with van der Waals surface area (Å²) in [7, 11) is 0. The van der Waals surface area contributed by atoms with Crippen LogP contribution in [-0.4, -0.2) is 0 Å². The van der Waals surface area contributed by atoms with E-state index in [1.165, 1.54) is 22.0 Å². The summed E-state index contributed by atoms with van der Waals surface area (Å²) in [6.07, 6.45) is 5.74. The van der Waals surface area contributed by atoms with Crippen molar-refractivity contribution in [3.63, 3.8) is 0 Å². The molecule has 3 aromatic carbocycles. The molecule has 3 aromatic rings. The lowest BCUT2D eigenvalue weighted by molar-refractivity contribution is 0.427. The molecule has 2 aliphatic rings. The first-order valence-corrected chi connectivity index (χ1v) is 9.38. The molecule has 0 amide bonds. The summed E-state index contributed by atoms with van der Waals surface area (Å²) < 4.78 is 0. The van der Waals surface area contributed by atoms with Crippen LogP contribution in [0.15, 0.2) is 66.7 Å². The maximum Gasteiger partial charge on any atom is 0.0568 e. The van der Waals surface area contributed by atoms with Gasteiger partial charge in [0, 0.05) is 21.7 Å². The lowest BCUT2D eigenvalue weighted by Gasteiger charge is -2.38. The molecular weight excluding hydrogens is 349 g/mol. The maximum absolute atomic E-state index is 6.53. The van der Waals surface area contributed by atoms with Crippen LogP contribution in [0.1, 0.15) is 29.5 Å². The van der Waals surface area contributed by atoms with Gasteiger partial charge in [0.05, 0.1) is 6.04 Å². The van der Waals surface area contributed by atoms with E-state index in [2.05, 4.69) is 59.9 Å².